The fraction of sp³-hybridized carbons (Fsp3) is 0.500. The lowest BCUT2D eigenvalue weighted by atomic mass is 9.77. The number of nitrogens with one attached hydrogen (secondary N) is 1. The molecule has 5 nitrogen and oxygen atoms in total. The molecule has 0 heterocycles. The first-order valence-electron chi connectivity index (χ1n) is 7.07. The summed E-state index contributed by atoms with van der Waals surface area (Å²) < 4.78 is 10.2. The third-order valence-electron chi connectivity index (χ3n) is 4.06. The summed E-state index contributed by atoms with van der Waals surface area (Å²) in [6.45, 7) is 0. The molecule has 1 unspecified atom stereocenters. The van der Waals surface area contributed by atoms with Crippen LogP contribution in [0.1, 0.15) is 37.3 Å². The molecule has 0 bridgehead atoms. The molecule has 114 valence electrons. The number of hydrogen-bond acceptors (Lipinski definition) is 4. The minimum Gasteiger partial charge on any atom is -0.467 e. The Morgan fingerprint density at radius 2 is 1.90 bits per heavy atom. The predicted molar refractivity (Wildman–Crippen MR) is 77.5 cm³/mol. The smallest absolute Gasteiger partial charge is 0.333 e. The average Bonchev–Trinajstić information content (AvgIpc) is 2.48. The summed E-state index contributed by atoms with van der Waals surface area (Å²) in [5, 5.41) is 2.75. The monoisotopic (exact) mass is 291 g/mol. The van der Waals surface area contributed by atoms with Gasteiger partial charge in [-0.05, 0) is 24.8 Å². The highest BCUT2D eigenvalue weighted by Gasteiger charge is 2.39. The zero-order chi connectivity index (χ0) is 15.3. The van der Waals surface area contributed by atoms with E-state index in [9.17, 15) is 9.59 Å². The second-order valence-corrected chi connectivity index (χ2v) is 5.35. The van der Waals surface area contributed by atoms with Crippen molar-refractivity contribution in [2.75, 3.05) is 14.2 Å². The summed E-state index contributed by atoms with van der Waals surface area (Å²) >= 11 is 0. The van der Waals surface area contributed by atoms with Gasteiger partial charge < -0.3 is 14.8 Å². The van der Waals surface area contributed by atoms with E-state index in [-0.39, 0.29) is 17.9 Å². The second-order valence-electron chi connectivity index (χ2n) is 5.35. The van der Waals surface area contributed by atoms with E-state index >= 15 is 0 Å². The average molecular weight is 291 g/mol. The fourth-order valence-corrected chi connectivity index (χ4v) is 2.57. The lowest BCUT2D eigenvalue weighted by Crippen LogP contribution is -2.45. The molecule has 21 heavy (non-hydrogen) atoms. The summed E-state index contributed by atoms with van der Waals surface area (Å²) in [7, 11) is 2.94. The van der Waals surface area contributed by atoms with Crippen LogP contribution in [0, 0.1) is 0 Å². The van der Waals surface area contributed by atoms with Crippen LogP contribution in [0.3, 0.4) is 0 Å². The first kappa shape index (κ1) is 15.5. The molecule has 5 heteroatoms. The number of amides is 1. The molecule has 1 saturated carbocycles. The molecule has 1 N–H and O–H groups in total. The van der Waals surface area contributed by atoms with Crippen molar-refractivity contribution in [1.29, 1.82) is 0 Å². The van der Waals surface area contributed by atoms with Crippen molar-refractivity contribution < 1.29 is 19.1 Å². The third-order valence-corrected chi connectivity index (χ3v) is 4.06. The van der Waals surface area contributed by atoms with Crippen molar-refractivity contribution in [2.45, 2.75) is 37.3 Å². The van der Waals surface area contributed by atoms with Gasteiger partial charge in [0.15, 0.2) is 6.04 Å². The Balaban J connectivity index is 2.05. The topological polar surface area (TPSA) is 64.6 Å². The second kappa shape index (κ2) is 6.72. The number of methoxy groups -OCH3 is 2. The highest BCUT2D eigenvalue weighted by molar-refractivity contribution is 5.86. The molecule has 0 spiro atoms. The molecule has 1 atom stereocenters. The number of benzene rings is 1. The molecular formula is C16H21NO4. The van der Waals surface area contributed by atoms with Crippen molar-refractivity contribution in [3.8, 4) is 0 Å². The minimum atomic E-state index is -0.780. The van der Waals surface area contributed by atoms with Gasteiger partial charge in [-0.2, -0.15) is 0 Å². The maximum absolute atomic E-state index is 12.2. The van der Waals surface area contributed by atoms with Crippen LogP contribution in [-0.2, 0) is 19.1 Å². The van der Waals surface area contributed by atoms with E-state index in [1.54, 1.807) is 19.2 Å². The van der Waals surface area contributed by atoms with Gasteiger partial charge >= 0.3 is 5.97 Å². The number of hydrogen-bond donors (Lipinski definition) is 1. The maximum Gasteiger partial charge on any atom is 0.333 e. The van der Waals surface area contributed by atoms with Crippen LogP contribution in [-0.4, -0.2) is 31.7 Å². The van der Waals surface area contributed by atoms with Crippen molar-refractivity contribution in [2.24, 2.45) is 0 Å². The van der Waals surface area contributed by atoms with Gasteiger partial charge in [0.2, 0.25) is 5.91 Å². The highest BCUT2D eigenvalue weighted by atomic mass is 16.5. The van der Waals surface area contributed by atoms with Crippen LogP contribution in [0.4, 0.5) is 0 Å². The first-order valence-corrected chi connectivity index (χ1v) is 7.07. The molecule has 1 aromatic carbocycles. The molecule has 0 aliphatic heterocycles. The van der Waals surface area contributed by atoms with Gasteiger partial charge in [-0.3, -0.25) is 4.79 Å². The van der Waals surface area contributed by atoms with Gasteiger partial charge in [0.1, 0.15) is 0 Å². The standard InChI is InChI=1S/C16H21NO4/c1-20-15(19)14(12-7-4-3-5-8-12)17-13(18)11-16(21-2)9-6-10-16/h3-5,7-8,14H,6,9-11H2,1-2H3,(H,17,18). The van der Waals surface area contributed by atoms with E-state index in [0.29, 0.717) is 5.56 Å². The van der Waals surface area contributed by atoms with Crippen LogP contribution in [0.5, 0.6) is 0 Å². The summed E-state index contributed by atoms with van der Waals surface area (Å²) in [6, 6.07) is 8.29. The molecule has 2 rings (SSSR count). The number of ether oxygens (including phenoxy) is 2. The van der Waals surface area contributed by atoms with E-state index in [0.717, 1.165) is 19.3 Å². The van der Waals surface area contributed by atoms with Gasteiger partial charge in [-0.1, -0.05) is 30.3 Å². The van der Waals surface area contributed by atoms with Crippen LogP contribution in [0.25, 0.3) is 0 Å². The summed E-state index contributed by atoms with van der Waals surface area (Å²) in [6.07, 6.45) is 3.10. The molecule has 0 radical (unpaired) electrons. The highest BCUT2D eigenvalue weighted by Crippen LogP contribution is 2.38. The summed E-state index contributed by atoms with van der Waals surface area (Å²) in [5.41, 5.74) is 0.347. The Labute approximate surface area is 124 Å². The zero-order valence-corrected chi connectivity index (χ0v) is 12.4. The maximum atomic E-state index is 12.2. The Kier molecular flexibility index (Phi) is 4.96. The Morgan fingerprint density at radius 3 is 2.38 bits per heavy atom. The first-order chi connectivity index (χ1) is 10.1. The van der Waals surface area contributed by atoms with Crippen molar-refractivity contribution in [1.82, 2.24) is 5.32 Å². The summed E-state index contributed by atoms with van der Waals surface area (Å²) in [4.78, 5) is 24.1. The van der Waals surface area contributed by atoms with Crippen LogP contribution < -0.4 is 5.32 Å². The van der Waals surface area contributed by atoms with E-state index in [4.69, 9.17) is 9.47 Å². The number of carbonyl (C=O) groups is 2. The molecule has 1 aromatic rings. The molecule has 1 fully saturated rings. The fourth-order valence-electron chi connectivity index (χ4n) is 2.57. The lowest BCUT2D eigenvalue weighted by molar-refractivity contribution is -0.147. The lowest BCUT2D eigenvalue weighted by Gasteiger charge is -2.40. The van der Waals surface area contributed by atoms with Crippen molar-refractivity contribution in [3.05, 3.63) is 35.9 Å². The molecule has 0 saturated heterocycles. The Morgan fingerprint density at radius 1 is 1.24 bits per heavy atom. The predicted octanol–water partition coefficient (Wildman–Crippen LogP) is 1.98. The van der Waals surface area contributed by atoms with Crippen LogP contribution in [0.2, 0.25) is 0 Å². The van der Waals surface area contributed by atoms with E-state index in [1.165, 1.54) is 7.11 Å². The number of carbonyl (C=O) groups excluding carboxylic acids is 2. The SMILES string of the molecule is COC(=O)C(NC(=O)CC1(OC)CCC1)c1ccccc1. The summed E-state index contributed by atoms with van der Waals surface area (Å²) in [5.74, 6) is -0.676. The minimum absolute atomic E-state index is 0.198. The quantitative estimate of drug-likeness (QED) is 0.814. The van der Waals surface area contributed by atoms with Crippen LogP contribution in [0.15, 0.2) is 30.3 Å². The van der Waals surface area contributed by atoms with Gasteiger partial charge in [0, 0.05) is 7.11 Å². The molecule has 1 amide bonds. The van der Waals surface area contributed by atoms with Crippen molar-refractivity contribution in [3.63, 3.8) is 0 Å². The third kappa shape index (κ3) is 3.61. The number of rotatable bonds is 6. The molecule has 1 aliphatic carbocycles. The van der Waals surface area contributed by atoms with Crippen LogP contribution >= 0.6 is 0 Å². The normalized spacial score (nSPS) is 17.4. The largest absolute Gasteiger partial charge is 0.467 e. The molecule has 1 aliphatic rings. The number of esters is 1. The van der Waals surface area contributed by atoms with Crippen molar-refractivity contribution >= 4 is 11.9 Å². The zero-order valence-electron chi connectivity index (χ0n) is 12.4. The van der Waals surface area contributed by atoms with E-state index in [1.807, 2.05) is 18.2 Å². The van der Waals surface area contributed by atoms with Gasteiger partial charge in [-0.25, -0.2) is 4.79 Å². The molecule has 0 aromatic heterocycles. The molecular weight excluding hydrogens is 270 g/mol. The van der Waals surface area contributed by atoms with E-state index in [2.05, 4.69) is 5.32 Å². The van der Waals surface area contributed by atoms with Gasteiger partial charge in [-0.15, -0.1) is 0 Å². The Hall–Kier alpha value is -1.88. The van der Waals surface area contributed by atoms with E-state index < -0.39 is 12.0 Å². The van der Waals surface area contributed by atoms with Gasteiger partial charge in [0.05, 0.1) is 19.1 Å². The van der Waals surface area contributed by atoms with Gasteiger partial charge in [0.25, 0.3) is 0 Å². The Bertz CT molecular complexity index is 491.